The van der Waals surface area contributed by atoms with Gasteiger partial charge >= 0.3 is 0 Å². The Bertz CT molecular complexity index is 858. The summed E-state index contributed by atoms with van der Waals surface area (Å²) in [5, 5.41) is 7.87. The third kappa shape index (κ3) is 2.92. The molecule has 4 rings (SSSR count). The lowest BCUT2D eigenvalue weighted by Gasteiger charge is -2.38. The number of benzene rings is 2. The first-order valence-corrected chi connectivity index (χ1v) is 9.09. The van der Waals surface area contributed by atoms with Crippen molar-refractivity contribution in [1.82, 2.24) is 0 Å². The highest BCUT2D eigenvalue weighted by Gasteiger charge is 2.39. The normalized spacial score (nSPS) is 23.6. The van der Waals surface area contributed by atoms with Gasteiger partial charge in [0.25, 0.3) is 0 Å². The number of rotatable bonds is 2. The average Bonchev–Trinajstić information content (AvgIpc) is 3.04. The fourth-order valence-electron chi connectivity index (χ4n) is 3.97. The highest BCUT2D eigenvalue weighted by atomic mass is 35.5. The largest absolute Gasteiger partial charge is 0.378 e. The number of carbonyl (C=O) groups is 1. The third-order valence-electron chi connectivity index (χ3n) is 4.99. The van der Waals surface area contributed by atoms with E-state index < -0.39 is 0 Å². The van der Waals surface area contributed by atoms with E-state index in [0.29, 0.717) is 16.0 Å². The molecule has 0 aromatic heterocycles. The molecule has 2 aromatic rings. The van der Waals surface area contributed by atoms with Crippen molar-refractivity contribution in [3.8, 4) is 0 Å². The molecule has 2 aromatic carbocycles. The predicted octanol–water partition coefficient (Wildman–Crippen LogP) is 5.78. The molecule has 1 heterocycles. The lowest BCUT2D eigenvalue weighted by Crippen LogP contribution is -2.29. The molecule has 128 valence electrons. The van der Waals surface area contributed by atoms with Crippen LogP contribution < -0.4 is 10.6 Å². The molecule has 1 aliphatic heterocycles. The summed E-state index contributed by atoms with van der Waals surface area (Å²) in [7, 11) is 0. The number of carbonyl (C=O) groups excluding carboxylic acids is 1. The maximum absolute atomic E-state index is 11.4. The molecule has 1 amide bonds. The van der Waals surface area contributed by atoms with Crippen molar-refractivity contribution in [3.05, 3.63) is 69.7 Å². The fraction of sp³-hybridized carbons (Fsp3) is 0.250. The van der Waals surface area contributed by atoms with Crippen molar-refractivity contribution in [3.63, 3.8) is 0 Å². The Morgan fingerprint density at radius 2 is 1.96 bits per heavy atom. The van der Waals surface area contributed by atoms with Crippen LogP contribution in [0.4, 0.5) is 11.4 Å². The maximum Gasteiger partial charge on any atom is 0.221 e. The molecule has 3 unspecified atom stereocenters. The molecule has 2 N–H and O–H groups in total. The molecule has 0 saturated heterocycles. The average molecular weight is 373 g/mol. The van der Waals surface area contributed by atoms with E-state index in [1.54, 1.807) is 0 Å². The van der Waals surface area contributed by atoms with Crippen LogP contribution >= 0.6 is 23.2 Å². The molecule has 0 fully saturated rings. The summed E-state index contributed by atoms with van der Waals surface area (Å²) in [6, 6.07) is 11.7. The number of amides is 1. The molecule has 0 saturated carbocycles. The number of hydrogen-bond donors (Lipinski definition) is 2. The van der Waals surface area contributed by atoms with Gasteiger partial charge in [-0.1, -0.05) is 41.4 Å². The Hall–Kier alpha value is -1.97. The summed E-state index contributed by atoms with van der Waals surface area (Å²) in [5.74, 6) is 0.558. The van der Waals surface area contributed by atoms with Gasteiger partial charge in [-0.3, -0.25) is 4.79 Å². The fourth-order valence-corrected chi connectivity index (χ4v) is 4.60. The van der Waals surface area contributed by atoms with Gasteiger partial charge < -0.3 is 10.6 Å². The van der Waals surface area contributed by atoms with Gasteiger partial charge in [0.05, 0.1) is 6.04 Å². The van der Waals surface area contributed by atoms with Crippen LogP contribution in [0.3, 0.4) is 0 Å². The molecule has 2 aliphatic rings. The molecule has 1 aliphatic carbocycles. The Balaban J connectivity index is 1.77. The van der Waals surface area contributed by atoms with Crippen LogP contribution in [0.5, 0.6) is 0 Å². The van der Waals surface area contributed by atoms with Crippen LogP contribution in [0.25, 0.3) is 0 Å². The second-order valence-electron chi connectivity index (χ2n) is 6.59. The second-order valence-corrected chi connectivity index (χ2v) is 7.41. The van der Waals surface area contributed by atoms with Gasteiger partial charge in [-0.25, -0.2) is 0 Å². The van der Waals surface area contributed by atoms with Crippen LogP contribution in [0.2, 0.25) is 10.0 Å². The summed E-state index contributed by atoms with van der Waals surface area (Å²) in [5.41, 5.74) is 4.04. The number of halogens is 2. The maximum atomic E-state index is 11.4. The summed E-state index contributed by atoms with van der Waals surface area (Å²) in [6.45, 7) is 1.52. The van der Waals surface area contributed by atoms with Crippen LogP contribution in [-0.2, 0) is 4.79 Å². The minimum atomic E-state index is -0.0667. The summed E-state index contributed by atoms with van der Waals surface area (Å²) < 4.78 is 0. The Kier molecular flexibility index (Phi) is 4.22. The van der Waals surface area contributed by atoms with Crippen LogP contribution in [0, 0.1) is 5.92 Å². The van der Waals surface area contributed by atoms with Crippen molar-refractivity contribution in [2.75, 3.05) is 10.6 Å². The molecule has 3 nitrogen and oxygen atoms in total. The van der Waals surface area contributed by atoms with Gasteiger partial charge in [0.1, 0.15) is 0 Å². The number of nitrogens with one attached hydrogen (secondary N) is 2. The quantitative estimate of drug-likeness (QED) is 0.656. The Morgan fingerprint density at radius 1 is 1.20 bits per heavy atom. The van der Waals surface area contributed by atoms with E-state index in [-0.39, 0.29) is 17.9 Å². The minimum Gasteiger partial charge on any atom is -0.378 e. The second kappa shape index (κ2) is 6.40. The van der Waals surface area contributed by atoms with Gasteiger partial charge in [-0.2, -0.15) is 0 Å². The zero-order valence-electron chi connectivity index (χ0n) is 13.7. The smallest absolute Gasteiger partial charge is 0.221 e. The van der Waals surface area contributed by atoms with Crippen LogP contribution in [0.1, 0.15) is 36.4 Å². The molecule has 0 radical (unpaired) electrons. The third-order valence-corrected chi connectivity index (χ3v) is 5.65. The van der Waals surface area contributed by atoms with Crippen molar-refractivity contribution >= 4 is 40.5 Å². The van der Waals surface area contributed by atoms with Gasteiger partial charge in [-0.15, -0.1) is 0 Å². The van der Waals surface area contributed by atoms with Crippen LogP contribution in [0.15, 0.2) is 48.6 Å². The van der Waals surface area contributed by atoms with E-state index in [1.165, 1.54) is 12.5 Å². The van der Waals surface area contributed by atoms with E-state index in [4.69, 9.17) is 23.2 Å². The highest BCUT2D eigenvalue weighted by Crippen LogP contribution is 2.52. The van der Waals surface area contributed by atoms with Crippen molar-refractivity contribution < 1.29 is 4.79 Å². The Labute approximate surface area is 157 Å². The first kappa shape index (κ1) is 16.5. The zero-order valence-corrected chi connectivity index (χ0v) is 15.2. The number of anilines is 2. The molecule has 0 spiro atoms. The number of hydrogen-bond acceptors (Lipinski definition) is 2. The van der Waals surface area contributed by atoms with Crippen molar-refractivity contribution in [2.24, 2.45) is 5.92 Å². The molecule has 25 heavy (non-hydrogen) atoms. The molecular weight excluding hydrogens is 355 g/mol. The van der Waals surface area contributed by atoms with Gasteiger partial charge in [0.15, 0.2) is 0 Å². The summed E-state index contributed by atoms with van der Waals surface area (Å²) in [6.07, 6.45) is 5.43. The van der Waals surface area contributed by atoms with E-state index in [2.05, 4.69) is 28.9 Å². The van der Waals surface area contributed by atoms with E-state index in [0.717, 1.165) is 23.4 Å². The first-order chi connectivity index (χ1) is 12.0. The lowest BCUT2D eigenvalue weighted by atomic mass is 9.77. The minimum absolute atomic E-state index is 0.0558. The first-order valence-electron chi connectivity index (χ1n) is 8.33. The summed E-state index contributed by atoms with van der Waals surface area (Å²) in [4.78, 5) is 11.4. The Morgan fingerprint density at radius 3 is 2.68 bits per heavy atom. The SMILES string of the molecule is CC(=O)Nc1ccc2c(c1)C1C=CCC1C(c1c(Cl)cccc1Cl)N2. The molecule has 3 atom stereocenters. The molecular formula is C20H18Cl2N2O. The van der Waals surface area contributed by atoms with Gasteiger partial charge in [0, 0.05) is 39.8 Å². The standard InChI is InChI=1S/C20H18Cl2N2O/c1-11(25)23-12-8-9-18-15(10-12)13-4-2-5-14(13)20(24-18)19-16(21)6-3-7-17(19)22/h2-4,6-10,13-14,20,24H,5H2,1H3,(H,23,25). The van der Waals surface area contributed by atoms with Gasteiger partial charge in [-0.05, 0) is 48.2 Å². The predicted molar refractivity (Wildman–Crippen MR) is 104 cm³/mol. The highest BCUT2D eigenvalue weighted by molar-refractivity contribution is 6.36. The van der Waals surface area contributed by atoms with Gasteiger partial charge in [0.2, 0.25) is 5.91 Å². The van der Waals surface area contributed by atoms with E-state index >= 15 is 0 Å². The zero-order chi connectivity index (χ0) is 17.6. The van der Waals surface area contributed by atoms with Crippen molar-refractivity contribution in [1.29, 1.82) is 0 Å². The lowest BCUT2D eigenvalue weighted by molar-refractivity contribution is -0.114. The van der Waals surface area contributed by atoms with E-state index in [1.807, 2.05) is 30.3 Å². The van der Waals surface area contributed by atoms with E-state index in [9.17, 15) is 4.79 Å². The van der Waals surface area contributed by atoms with Crippen molar-refractivity contribution in [2.45, 2.75) is 25.3 Å². The summed E-state index contributed by atoms with van der Waals surface area (Å²) >= 11 is 12.9. The molecule has 0 bridgehead atoms. The molecule has 5 heteroatoms. The topological polar surface area (TPSA) is 41.1 Å². The van der Waals surface area contributed by atoms with Crippen LogP contribution in [-0.4, -0.2) is 5.91 Å². The number of fused-ring (bicyclic) bond motifs is 3. The monoisotopic (exact) mass is 372 g/mol. The number of allylic oxidation sites excluding steroid dienone is 2.